The molecule has 1 aromatic heterocycles. The summed E-state index contributed by atoms with van der Waals surface area (Å²) < 4.78 is 36.3. The molecule has 2 aromatic rings. The van der Waals surface area contributed by atoms with Gasteiger partial charge >= 0.3 is 0 Å². The number of nitrogens with zero attached hydrogens (tertiary/aromatic N) is 1. The molecular formula is C13H14F2N2O2. The molecule has 2 rings (SSSR count). The average Bonchev–Trinajstić information content (AvgIpc) is 2.82. The highest BCUT2D eigenvalue weighted by Gasteiger charge is 2.12. The van der Waals surface area contributed by atoms with Crippen molar-refractivity contribution in [3.63, 3.8) is 0 Å². The molecule has 6 heteroatoms. The Kier molecular flexibility index (Phi) is 4.59. The molecule has 0 fully saturated rings. The number of hydrogen-bond acceptors (Lipinski definition) is 4. The van der Waals surface area contributed by atoms with Crippen LogP contribution in [0.4, 0.5) is 8.78 Å². The maximum Gasteiger partial charge on any atom is 0.171 e. The Morgan fingerprint density at radius 2 is 2.00 bits per heavy atom. The van der Waals surface area contributed by atoms with Crippen LogP contribution < -0.4 is 5.32 Å². The van der Waals surface area contributed by atoms with Gasteiger partial charge in [-0.3, -0.25) is 0 Å². The zero-order valence-corrected chi connectivity index (χ0v) is 10.5. The molecule has 1 N–H and O–H groups in total. The van der Waals surface area contributed by atoms with E-state index in [1.807, 2.05) is 0 Å². The second kappa shape index (κ2) is 6.40. The summed E-state index contributed by atoms with van der Waals surface area (Å²) >= 11 is 0. The van der Waals surface area contributed by atoms with E-state index in [1.54, 1.807) is 7.11 Å². The lowest BCUT2D eigenvalue weighted by Gasteiger charge is -2.04. The highest BCUT2D eigenvalue weighted by molar-refractivity contribution is 5.60. The molecule has 0 aliphatic heterocycles. The number of hydrogen-bond donors (Lipinski definition) is 1. The summed E-state index contributed by atoms with van der Waals surface area (Å²) in [7, 11) is 1.61. The number of methoxy groups -OCH3 is 1. The standard InChI is InChI=1S/C13H14F2N2O2/c1-18-3-2-16-7-10-8-17-19-13(10)9-4-11(14)6-12(15)5-9/h4-6,8,16H,2-3,7H2,1H3. The topological polar surface area (TPSA) is 47.3 Å². The average molecular weight is 268 g/mol. The Labute approximate surface area is 109 Å². The third-order valence-electron chi connectivity index (χ3n) is 2.57. The summed E-state index contributed by atoms with van der Waals surface area (Å²) in [4.78, 5) is 0. The smallest absolute Gasteiger partial charge is 0.171 e. The maximum absolute atomic E-state index is 13.2. The van der Waals surface area contributed by atoms with E-state index >= 15 is 0 Å². The van der Waals surface area contributed by atoms with Crippen LogP contribution in [0.25, 0.3) is 11.3 Å². The summed E-state index contributed by atoms with van der Waals surface area (Å²) in [6.45, 7) is 1.73. The first-order valence-corrected chi connectivity index (χ1v) is 5.80. The van der Waals surface area contributed by atoms with Crippen LogP contribution >= 0.6 is 0 Å². The lowest BCUT2D eigenvalue weighted by atomic mass is 10.1. The van der Waals surface area contributed by atoms with Gasteiger partial charge in [0.25, 0.3) is 0 Å². The Bertz CT molecular complexity index is 523. The van der Waals surface area contributed by atoms with Crippen molar-refractivity contribution in [2.75, 3.05) is 20.3 Å². The maximum atomic E-state index is 13.2. The largest absolute Gasteiger partial charge is 0.383 e. The first kappa shape index (κ1) is 13.6. The third-order valence-corrected chi connectivity index (χ3v) is 2.57. The second-order valence-corrected chi connectivity index (χ2v) is 4.01. The molecule has 0 atom stereocenters. The van der Waals surface area contributed by atoms with Crippen LogP contribution in [0.1, 0.15) is 5.56 Å². The molecule has 0 saturated carbocycles. The van der Waals surface area contributed by atoms with Gasteiger partial charge in [-0.05, 0) is 12.1 Å². The van der Waals surface area contributed by atoms with Crippen LogP contribution in [-0.4, -0.2) is 25.4 Å². The van der Waals surface area contributed by atoms with Crippen molar-refractivity contribution < 1.29 is 18.0 Å². The molecule has 0 aliphatic rings. The van der Waals surface area contributed by atoms with Gasteiger partial charge in [-0.25, -0.2) is 8.78 Å². The molecule has 0 saturated heterocycles. The van der Waals surface area contributed by atoms with Crippen LogP contribution in [-0.2, 0) is 11.3 Å². The molecule has 0 unspecified atom stereocenters. The van der Waals surface area contributed by atoms with Crippen LogP contribution in [0.2, 0.25) is 0 Å². The molecule has 0 aliphatic carbocycles. The minimum Gasteiger partial charge on any atom is -0.383 e. The summed E-state index contributed by atoms with van der Waals surface area (Å²) in [5.41, 5.74) is 1.07. The zero-order valence-electron chi connectivity index (χ0n) is 10.5. The van der Waals surface area contributed by atoms with Gasteiger partial charge in [0.1, 0.15) is 11.6 Å². The second-order valence-electron chi connectivity index (χ2n) is 4.01. The molecule has 1 heterocycles. The molecular weight excluding hydrogens is 254 g/mol. The van der Waals surface area contributed by atoms with E-state index in [9.17, 15) is 8.78 Å². The Hall–Kier alpha value is -1.79. The van der Waals surface area contributed by atoms with Crippen LogP contribution in [0.3, 0.4) is 0 Å². The molecule has 19 heavy (non-hydrogen) atoms. The third kappa shape index (κ3) is 3.59. The van der Waals surface area contributed by atoms with Crippen LogP contribution in [0, 0.1) is 11.6 Å². The Balaban J connectivity index is 2.14. The van der Waals surface area contributed by atoms with Crippen molar-refractivity contribution >= 4 is 0 Å². The van der Waals surface area contributed by atoms with Crippen LogP contribution in [0.15, 0.2) is 28.9 Å². The van der Waals surface area contributed by atoms with E-state index in [2.05, 4.69) is 10.5 Å². The molecule has 4 nitrogen and oxygen atoms in total. The van der Waals surface area contributed by atoms with Crippen molar-refractivity contribution in [2.45, 2.75) is 6.54 Å². The van der Waals surface area contributed by atoms with E-state index in [1.165, 1.54) is 18.3 Å². The summed E-state index contributed by atoms with van der Waals surface area (Å²) in [6, 6.07) is 3.24. The molecule has 0 amide bonds. The monoisotopic (exact) mass is 268 g/mol. The van der Waals surface area contributed by atoms with Gasteiger partial charge in [0.05, 0.1) is 12.8 Å². The molecule has 102 valence electrons. The van der Waals surface area contributed by atoms with Crippen molar-refractivity contribution in [3.05, 3.63) is 41.6 Å². The van der Waals surface area contributed by atoms with E-state index in [0.29, 0.717) is 31.0 Å². The Morgan fingerprint density at radius 3 is 2.68 bits per heavy atom. The highest BCUT2D eigenvalue weighted by atomic mass is 19.1. The number of benzene rings is 1. The van der Waals surface area contributed by atoms with Gasteiger partial charge in [-0.15, -0.1) is 0 Å². The summed E-state index contributed by atoms with van der Waals surface area (Å²) in [5, 5.41) is 6.78. The molecule has 1 aromatic carbocycles. The fraction of sp³-hybridized carbons (Fsp3) is 0.308. The molecule has 0 radical (unpaired) electrons. The SMILES string of the molecule is COCCNCc1cnoc1-c1cc(F)cc(F)c1. The number of halogens is 2. The van der Waals surface area contributed by atoms with Crippen molar-refractivity contribution in [1.82, 2.24) is 10.5 Å². The minimum absolute atomic E-state index is 0.332. The lowest BCUT2D eigenvalue weighted by Crippen LogP contribution is -2.18. The van der Waals surface area contributed by atoms with Gasteiger partial charge in [-0.1, -0.05) is 5.16 Å². The Morgan fingerprint density at radius 1 is 1.26 bits per heavy atom. The normalized spacial score (nSPS) is 10.9. The summed E-state index contributed by atoms with van der Waals surface area (Å²) in [6.07, 6.45) is 1.53. The highest BCUT2D eigenvalue weighted by Crippen LogP contribution is 2.25. The van der Waals surface area contributed by atoms with Gasteiger partial charge in [0, 0.05) is 37.4 Å². The predicted octanol–water partition coefficient (Wildman–Crippen LogP) is 2.36. The van der Waals surface area contributed by atoms with Crippen molar-refractivity contribution in [1.29, 1.82) is 0 Å². The van der Waals surface area contributed by atoms with Crippen molar-refractivity contribution in [2.24, 2.45) is 0 Å². The predicted molar refractivity (Wildman–Crippen MR) is 65.4 cm³/mol. The van der Waals surface area contributed by atoms with E-state index in [0.717, 1.165) is 11.6 Å². The number of aromatic nitrogens is 1. The fourth-order valence-corrected chi connectivity index (χ4v) is 1.71. The van der Waals surface area contributed by atoms with Crippen LogP contribution in [0.5, 0.6) is 0 Å². The molecule has 0 spiro atoms. The van der Waals surface area contributed by atoms with Gasteiger partial charge in [0.2, 0.25) is 0 Å². The van der Waals surface area contributed by atoms with Gasteiger partial charge < -0.3 is 14.6 Å². The van der Waals surface area contributed by atoms with Gasteiger partial charge in [0.15, 0.2) is 5.76 Å². The number of rotatable bonds is 6. The zero-order chi connectivity index (χ0) is 13.7. The fourth-order valence-electron chi connectivity index (χ4n) is 1.71. The lowest BCUT2D eigenvalue weighted by molar-refractivity contribution is 0.199. The summed E-state index contributed by atoms with van der Waals surface area (Å²) in [5.74, 6) is -0.933. The van der Waals surface area contributed by atoms with Crippen molar-refractivity contribution in [3.8, 4) is 11.3 Å². The van der Waals surface area contributed by atoms with E-state index in [-0.39, 0.29) is 0 Å². The molecule has 0 bridgehead atoms. The quantitative estimate of drug-likeness (QED) is 0.817. The van der Waals surface area contributed by atoms with E-state index in [4.69, 9.17) is 9.26 Å². The van der Waals surface area contributed by atoms with Gasteiger partial charge in [-0.2, -0.15) is 0 Å². The van der Waals surface area contributed by atoms with E-state index < -0.39 is 11.6 Å². The number of nitrogens with one attached hydrogen (secondary N) is 1. The number of ether oxygens (including phenoxy) is 1. The first-order valence-electron chi connectivity index (χ1n) is 5.80. The minimum atomic E-state index is -0.648. The first-order chi connectivity index (χ1) is 9.20.